The Hall–Kier alpha value is -1.03. The maximum atomic E-state index is 12.6. The second-order valence-electron chi connectivity index (χ2n) is 7.06. The summed E-state index contributed by atoms with van der Waals surface area (Å²) in [5.74, 6) is 0.782. The Kier molecular flexibility index (Phi) is 8.85. The van der Waals surface area contributed by atoms with Gasteiger partial charge in [0.15, 0.2) is 9.84 Å². The number of urea groups is 1. The Labute approximate surface area is 180 Å². The standard InChI is InChI=1S/C18H27BrClN3O4S/c1-22(2)8-9-23(15-6-11-28(25,26)13-15)18(24)21-7-3-10-27-17-5-4-14(19)12-16(17)20/h4-5,12,15H,3,6-11,13H2,1-2H3,(H,21,24). The lowest BCUT2D eigenvalue weighted by molar-refractivity contribution is 0.172. The van der Waals surface area contributed by atoms with Crippen LogP contribution in [0.4, 0.5) is 4.79 Å². The van der Waals surface area contributed by atoms with Gasteiger partial charge in [-0.3, -0.25) is 0 Å². The summed E-state index contributed by atoms with van der Waals surface area (Å²) < 4.78 is 30.1. The Morgan fingerprint density at radius 3 is 2.71 bits per heavy atom. The van der Waals surface area contributed by atoms with Crippen molar-refractivity contribution in [1.82, 2.24) is 15.1 Å². The number of hydrogen-bond donors (Lipinski definition) is 1. The van der Waals surface area contributed by atoms with Crippen molar-refractivity contribution < 1.29 is 17.9 Å². The minimum absolute atomic E-state index is 0.0407. The van der Waals surface area contributed by atoms with Crippen LogP contribution in [-0.2, 0) is 9.84 Å². The number of carbonyl (C=O) groups excluding carboxylic acids is 1. The average Bonchev–Trinajstić information content (AvgIpc) is 2.96. The van der Waals surface area contributed by atoms with E-state index < -0.39 is 9.84 Å². The molecule has 0 radical (unpaired) electrons. The van der Waals surface area contributed by atoms with Crippen molar-refractivity contribution >= 4 is 43.4 Å². The molecule has 1 fully saturated rings. The second-order valence-corrected chi connectivity index (χ2v) is 10.6. The molecule has 158 valence electrons. The molecule has 1 saturated heterocycles. The normalized spacial score (nSPS) is 18.2. The van der Waals surface area contributed by atoms with Crippen LogP contribution in [0.2, 0.25) is 5.02 Å². The molecule has 1 aliphatic rings. The van der Waals surface area contributed by atoms with Gasteiger partial charge in [-0.2, -0.15) is 0 Å². The third-order valence-electron chi connectivity index (χ3n) is 4.45. The maximum absolute atomic E-state index is 12.6. The molecule has 1 heterocycles. The Morgan fingerprint density at radius 1 is 1.36 bits per heavy atom. The molecular formula is C18H27BrClN3O4S. The molecule has 0 spiro atoms. The van der Waals surface area contributed by atoms with E-state index in [0.29, 0.717) is 49.9 Å². The Bertz CT molecular complexity index is 776. The molecule has 1 aliphatic heterocycles. The molecular weight excluding hydrogens is 470 g/mol. The molecule has 28 heavy (non-hydrogen) atoms. The van der Waals surface area contributed by atoms with Crippen molar-refractivity contribution in [3.8, 4) is 5.75 Å². The van der Waals surface area contributed by atoms with E-state index in [-0.39, 0.29) is 23.6 Å². The van der Waals surface area contributed by atoms with Gasteiger partial charge < -0.3 is 19.9 Å². The lowest BCUT2D eigenvalue weighted by Crippen LogP contribution is -2.49. The predicted molar refractivity (Wildman–Crippen MR) is 115 cm³/mol. The molecule has 0 saturated carbocycles. The summed E-state index contributed by atoms with van der Waals surface area (Å²) in [6, 6.07) is 4.90. The van der Waals surface area contributed by atoms with Crippen molar-refractivity contribution in [2.24, 2.45) is 0 Å². The van der Waals surface area contributed by atoms with E-state index in [1.54, 1.807) is 17.0 Å². The zero-order valence-electron chi connectivity index (χ0n) is 16.2. The highest BCUT2D eigenvalue weighted by atomic mass is 79.9. The quantitative estimate of drug-likeness (QED) is 0.532. The first-order valence-corrected chi connectivity index (χ1v) is 12.1. The first-order valence-electron chi connectivity index (χ1n) is 9.15. The van der Waals surface area contributed by atoms with E-state index in [0.717, 1.165) is 4.47 Å². The fraction of sp³-hybridized carbons (Fsp3) is 0.611. The van der Waals surface area contributed by atoms with Gasteiger partial charge in [0.2, 0.25) is 0 Å². The van der Waals surface area contributed by atoms with Gasteiger partial charge in [-0.05, 0) is 45.1 Å². The minimum atomic E-state index is -3.05. The van der Waals surface area contributed by atoms with Gasteiger partial charge in [-0.15, -0.1) is 0 Å². The third-order valence-corrected chi connectivity index (χ3v) is 6.99. The maximum Gasteiger partial charge on any atom is 0.317 e. The van der Waals surface area contributed by atoms with Crippen LogP contribution in [0.25, 0.3) is 0 Å². The fourth-order valence-corrected chi connectivity index (χ4v) is 5.38. The average molecular weight is 497 g/mol. The molecule has 1 aromatic carbocycles. The minimum Gasteiger partial charge on any atom is -0.492 e. The van der Waals surface area contributed by atoms with Gasteiger partial charge in [0.1, 0.15) is 5.75 Å². The van der Waals surface area contributed by atoms with E-state index in [4.69, 9.17) is 16.3 Å². The summed E-state index contributed by atoms with van der Waals surface area (Å²) in [6.07, 6.45) is 1.11. The SMILES string of the molecule is CN(C)CCN(C(=O)NCCCOc1ccc(Br)cc1Cl)C1CCS(=O)(=O)C1. The van der Waals surface area contributed by atoms with Gasteiger partial charge in [-0.1, -0.05) is 27.5 Å². The number of likely N-dealkylation sites (N-methyl/N-ethyl adjacent to an activating group) is 1. The largest absolute Gasteiger partial charge is 0.492 e. The van der Waals surface area contributed by atoms with Crippen LogP contribution in [0.3, 0.4) is 0 Å². The van der Waals surface area contributed by atoms with Crippen LogP contribution in [0.15, 0.2) is 22.7 Å². The predicted octanol–water partition coefficient (Wildman–Crippen LogP) is 2.63. The van der Waals surface area contributed by atoms with E-state index in [1.165, 1.54) is 0 Å². The highest BCUT2D eigenvalue weighted by molar-refractivity contribution is 9.10. The number of nitrogens with zero attached hydrogens (tertiary/aromatic N) is 2. The first-order chi connectivity index (χ1) is 13.2. The van der Waals surface area contributed by atoms with Gasteiger partial charge >= 0.3 is 6.03 Å². The number of hydrogen-bond acceptors (Lipinski definition) is 5. The van der Waals surface area contributed by atoms with Crippen LogP contribution in [0.5, 0.6) is 5.75 Å². The zero-order chi connectivity index (χ0) is 20.7. The molecule has 0 aromatic heterocycles. The Morgan fingerprint density at radius 2 is 2.11 bits per heavy atom. The molecule has 10 heteroatoms. The number of nitrogens with one attached hydrogen (secondary N) is 1. The molecule has 0 aliphatic carbocycles. The highest BCUT2D eigenvalue weighted by Gasteiger charge is 2.34. The smallest absolute Gasteiger partial charge is 0.317 e. The van der Waals surface area contributed by atoms with E-state index >= 15 is 0 Å². The number of carbonyl (C=O) groups is 1. The number of rotatable bonds is 9. The number of halogens is 2. The van der Waals surface area contributed by atoms with Crippen molar-refractivity contribution in [3.05, 3.63) is 27.7 Å². The lowest BCUT2D eigenvalue weighted by Gasteiger charge is -2.29. The summed E-state index contributed by atoms with van der Waals surface area (Å²) in [4.78, 5) is 16.2. The summed E-state index contributed by atoms with van der Waals surface area (Å²) in [6.45, 7) is 2.02. The first kappa shape index (κ1) is 23.3. The number of sulfone groups is 1. The van der Waals surface area contributed by atoms with Gasteiger partial charge in [0, 0.05) is 30.1 Å². The van der Waals surface area contributed by atoms with Gasteiger partial charge in [0.25, 0.3) is 0 Å². The lowest BCUT2D eigenvalue weighted by atomic mass is 10.2. The monoisotopic (exact) mass is 495 g/mol. The van der Waals surface area contributed by atoms with Crippen LogP contribution in [0, 0.1) is 0 Å². The molecule has 0 bridgehead atoms. The molecule has 2 rings (SSSR count). The van der Waals surface area contributed by atoms with E-state index in [2.05, 4.69) is 21.2 Å². The van der Waals surface area contributed by atoms with Crippen molar-refractivity contribution in [3.63, 3.8) is 0 Å². The topological polar surface area (TPSA) is 79.0 Å². The molecule has 1 unspecified atom stereocenters. The molecule has 1 aromatic rings. The summed E-state index contributed by atoms with van der Waals surface area (Å²) in [5.41, 5.74) is 0. The summed E-state index contributed by atoms with van der Waals surface area (Å²) >= 11 is 9.45. The molecule has 1 atom stereocenters. The fourth-order valence-electron chi connectivity index (χ4n) is 2.92. The summed E-state index contributed by atoms with van der Waals surface area (Å²) in [7, 11) is 0.795. The third kappa shape index (κ3) is 7.42. The van der Waals surface area contributed by atoms with E-state index in [9.17, 15) is 13.2 Å². The number of benzene rings is 1. The highest BCUT2D eigenvalue weighted by Crippen LogP contribution is 2.27. The van der Waals surface area contributed by atoms with Crippen LogP contribution >= 0.6 is 27.5 Å². The molecule has 1 N–H and O–H groups in total. The summed E-state index contributed by atoms with van der Waals surface area (Å²) in [5, 5.41) is 3.40. The molecule has 2 amide bonds. The van der Waals surface area contributed by atoms with Crippen LogP contribution in [-0.4, -0.2) is 82.1 Å². The van der Waals surface area contributed by atoms with Crippen LogP contribution < -0.4 is 10.1 Å². The van der Waals surface area contributed by atoms with Crippen molar-refractivity contribution in [2.45, 2.75) is 18.9 Å². The Balaban J connectivity index is 1.80. The van der Waals surface area contributed by atoms with Crippen molar-refractivity contribution in [1.29, 1.82) is 0 Å². The van der Waals surface area contributed by atoms with Crippen molar-refractivity contribution in [2.75, 3.05) is 51.8 Å². The number of ether oxygens (including phenoxy) is 1. The van der Waals surface area contributed by atoms with E-state index in [1.807, 2.05) is 25.1 Å². The molecule has 7 nitrogen and oxygen atoms in total. The second kappa shape index (κ2) is 10.7. The van der Waals surface area contributed by atoms with Gasteiger partial charge in [0.05, 0.1) is 23.1 Å². The number of amides is 2. The van der Waals surface area contributed by atoms with Gasteiger partial charge in [-0.25, -0.2) is 13.2 Å². The van der Waals surface area contributed by atoms with Crippen LogP contribution in [0.1, 0.15) is 12.8 Å². The zero-order valence-corrected chi connectivity index (χ0v) is 19.3.